The van der Waals surface area contributed by atoms with Gasteiger partial charge >= 0.3 is 12.1 Å². The van der Waals surface area contributed by atoms with Gasteiger partial charge in [-0.05, 0) is 41.5 Å². The number of fused-ring (bicyclic) bond motifs is 3. The van der Waals surface area contributed by atoms with E-state index >= 15 is 0 Å². The topological polar surface area (TPSA) is 95.9 Å². The number of hydrogen-bond donors (Lipinski definition) is 2. The molecule has 7 heteroatoms. The number of carboxylic acid groups (broad SMARTS) is 1. The normalized spacial score (nSPS) is 21.1. The molecule has 2 amide bonds. The van der Waals surface area contributed by atoms with Crippen LogP contribution >= 0.6 is 0 Å². The summed E-state index contributed by atoms with van der Waals surface area (Å²) >= 11 is 0. The SMILES string of the molecule is CCC(C)(NC(=O)OCC1c2ccccc2-c2ccccc21)C(=O)N1CC(C)C(C(=O)O)C1. The minimum absolute atomic E-state index is 0.0671. The van der Waals surface area contributed by atoms with E-state index in [1.165, 1.54) is 4.90 Å². The van der Waals surface area contributed by atoms with E-state index in [2.05, 4.69) is 17.4 Å². The summed E-state index contributed by atoms with van der Waals surface area (Å²) in [5.74, 6) is -1.98. The van der Waals surface area contributed by atoms with Crippen LogP contribution in [0.3, 0.4) is 0 Å². The number of carbonyl (C=O) groups excluding carboxylic acids is 2. The molecule has 1 aliphatic carbocycles. The van der Waals surface area contributed by atoms with Crippen LogP contribution in [0, 0.1) is 11.8 Å². The van der Waals surface area contributed by atoms with Crippen LogP contribution in [0.1, 0.15) is 44.2 Å². The predicted octanol–water partition coefficient (Wildman–Crippen LogP) is 3.87. The molecule has 1 aliphatic heterocycles. The summed E-state index contributed by atoms with van der Waals surface area (Å²) in [7, 11) is 0. The van der Waals surface area contributed by atoms with Crippen molar-refractivity contribution in [1.29, 1.82) is 0 Å². The van der Waals surface area contributed by atoms with Gasteiger partial charge in [-0.3, -0.25) is 9.59 Å². The second-order valence-electron chi connectivity index (χ2n) is 9.27. The number of likely N-dealkylation sites (tertiary alicyclic amines) is 1. The minimum atomic E-state index is -1.17. The largest absolute Gasteiger partial charge is 0.481 e. The third kappa shape index (κ3) is 4.19. The van der Waals surface area contributed by atoms with Gasteiger partial charge in [-0.15, -0.1) is 0 Å². The van der Waals surface area contributed by atoms with Crippen molar-refractivity contribution < 1.29 is 24.2 Å². The van der Waals surface area contributed by atoms with E-state index in [1.54, 1.807) is 6.92 Å². The number of carboxylic acids is 1. The maximum absolute atomic E-state index is 13.2. The first-order chi connectivity index (χ1) is 15.7. The summed E-state index contributed by atoms with van der Waals surface area (Å²) in [4.78, 5) is 38.9. The lowest BCUT2D eigenvalue weighted by molar-refractivity contribution is -0.142. The average Bonchev–Trinajstić information content (AvgIpc) is 3.35. The third-order valence-electron chi connectivity index (χ3n) is 7.12. The van der Waals surface area contributed by atoms with Crippen LogP contribution in [0.5, 0.6) is 0 Å². The summed E-state index contributed by atoms with van der Waals surface area (Å²) in [6.07, 6.45) is -0.296. The Morgan fingerprint density at radius 1 is 1.06 bits per heavy atom. The molecule has 174 valence electrons. The van der Waals surface area contributed by atoms with E-state index in [9.17, 15) is 19.5 Å². The van der Waals surface area contributed by atoms with Gasteiger partial charge in [0.05, 0.1) is 5.92 Å². The van der Waals surface area contributed by atoms with Gasteiger partial charge in [-0.25, -0.2) is 4.79 Å². The van der Waals surface area contributed by atoms with Crippen molar-refractivity contribution >= 4 is 18.0 Å². The molecule has 4 rings (SSSR count). The second-order valence-corrected chi connectivity index (χ2v) is 9.27. The van der Waals surface area contributed by atoms with Gasteiger partial charge in [0.1, 0.15) is 12.1 Å². The highest BCUT2D eigenvalue weighted by atomic mass is 16.5. The number of alkyl carbamates (subject to hydrolysis) is 1. The summed E-state index contributed by atoms with van der Waals surface area (Å²) < 4.78 is 5.62. The minimum Gasteiger partial charge on any atom is -0.481 e. The fourth-order valence-corrected chi connectivity index (χ4v) is 4.96. The first-order valence-corrected chi connectivity index (χ1v) is 11.4. The molecule has 7 nitrogen and oxygen atoms in total. The average molecular weight is 451 g/mol. The summed E-state index contributed by atoms with van der Waals surface area (Å²) in [6, 6.07) is 16.2. The first-order valence-electron chi connectivity index (χ1n) is 11.4. The summed E-state index contributed by atoms with van der Waals surface area (Å²) in [6.45, 7) is 5.98. The second kappa shape index (κ2) is 8.89. The van der Waals surface area contributed by atoms with Crippen LogP contribution in [0.25, 0.3) is 11.1 Å². The molecule has 2 N–H and O–H groups in total. The van der Waals surface area contributed by atoms with E-state index in [0.29, 0.717) is 13.0 Å². The number of nitrogens with one attached hydrogen (secondary N) is 1. The molecule has 2 aromatic carbocycles. The molecule has 3 atom stereocenters. The standard InChI is InChI=1S/C26H30N2O5/c1-4-26(3,24(31)28-13-16(2)21(14-28)23(29)30)27-25(32)33-15-22-19-11-7-5-9-17(19)18-10-6-8-12-20(18)22/h5-12,16,21-22H,4,13-15H2,1-3H3,(H,27,32)(H,29,30). The zero-order valence-electron chi connectivity index (χ0n) is 19.2. The van der Waals surface area contributed by atoms with Crippen LogP contribution in [-0.4, -0.2) is 53.2 Å². The van der Waals surface area contributed by atoms with Crippen molar-refractivity contribution in [2.45, 2.75) is 38.6 Å². The van der Waals surface area contributed by atoms with Crippen molar-refractivity contribution in [2.24, 2.45) is 11.8 Å². The molecule has 1 saturated heterocycles. The maximum Gasteiger partial charge on any atom is 0.408 e. The highest BCUT2D eigenvalue weighted by molar-refractivity contribution is 5.90. The number of benzene rings is 2. The molecule has 2 aromatic rings. The summed E-state index contributed by atoms with van der Waals surface area (Å²) in [5.41, 5.74) is 3.35. The van der Waals surface area contributed by atoms with Gasteiger partial charge in [0, 0.05) is 19.0 Å². The molecule has 1 fully saturated rings. The Kier molecular flexibility index (Phi) is 6.15. The molecule has 0 radical (unpaired) electrons. The fraction of sp³-hybridized carbons (Fsp3) is 0.423. The quantitative estimate of drug-likeness (QED) is 0.697. The number of nitrogens with zero attached hydrogens (tertiary/aromatic N) is 1. The van der Waals surface area contributed by atoms with E-state index < -0.39 is 23.5 Å². The van der Waals surface area contributed by atoms with Crippen LogP contribution in [0.4, 0.5) is 4.79 Å². The molecule has 1 heterocycles. The summed E-state index contributed by atoms with van der Waals surface area (Å²) in [5, 5.41) is 12.1. The van der Waals surface area contributed by atoms with Crippen molar-refractivity contribution in [3.8, 4) is 11.1 Å². The molecule has 0 bridgehead atoms. The highest BCUT2D eigenvalue weighted by Crippen LogP contribution is 2.44. The van der Waals surface area contributed by atoms with Crippen molar-refractivity contribution in [3.63, 3.8) is 0 Å². The van der Waals surface area contributed by atoms with Crippen LogP contribution < -0.4 is 5.32 Å². The molecule has 2 aliphatic rings. The van der Waals surface area contributed by atoms with Gasteiger partial charge in [0.25, 0.3) is 0 Å². The van der Waals surface area contributed by atoms with E-state index in [4.69, 9.17) is 4.74 Å². The molecule has 0 saturated carbocycles. The molecule has 0 spiro atoms. The van der Waals surface area contributed by atoms with Gasteiger partial charge in [0.15, 0.2) is 0 Å². The number of rotatable bonds is 6. The zero-order valence-corrected chi connectivity index (χ0v) is 19.2. The van der Waals surface area contributed by atoms with Crippen LogP contribution in [0.15, 0.2) is 48.5 Å². The Morgan fingerprint density at radius 2 is 1.64 bits per heavy atom. The third-order valence-corrected chi connectivity index (χ3v) is 7.12. The van der Waals surface area contributed by atoms with Crippen LogP contribution in [0.2, 0.25) is 0 Å². The van der Waals surface area contributed by atoms with E-state index in [-0.39, 0.29) is 30.9 Å². The van der Waals surface area contributed by atoms with Crippen LogP contribution in [-0.2, 0) is 14.3 Å². The van der Waals surface area contributed by atoms with Crippen molar-refractivity contribution in [1.82, 2.24) is 10.2 Å². The van der Waals surface area contributed by atoms with Gasteiger partial charge in [0.2, 0.25) is 5.91 Å². The number of aliphatic carboxylic acids is 1. The first kappa shape index (κ1) is 22.8. The number of ether oxygens (including phenoxy) is 1. The lowest BCUT2D eigenvalue weighted by Crippen LogP contribution is -2.57. The van der Waals surface area contributed by atoms with Gasteiger partial charge < -0.3 is 20.1 Å². The monoisotopic (exact) mass is 450 g/mol. The molecule has 3 unspecified atom stereocenters. The lowest BCUT2D eigenvalue weighted by atomic mass is 9.97. The Labute approximate surface area is 193 Å². The number of amides is 2. The van der Waals surface area contributed by atoms with Crippen molar-refractivity contribution in [2.75, 3.05) is 19.7 Å². The zero-order chi connectivity index (χ0) is 23.8. The molecule has 0 aromatic heterocycles. The Balaban J connectivity index is 1.43. The van der Waals surface area contributed by atoms with E-state index in [1.807, 2.05) is 50.2 Å². The Bertz CT molecular complexity index is 1040. The fourth-order valence-electron chi connectivity index (χ4n) is 4.96. The van der Waals surface area contributed by atoms with E-state index in [0.717, 1.165) is 22.3 Å². The Morgan fingerprint density at radius 3 is 2.15 bits per heavy atom. The maximum atomic E-state index is 13.2. The van der Waals surface area contributed by atoms with Crippen molar-refractivity contribution in [3.05, 3.63) is 59.7 Å². The van der Waals surface area contributed by atoms with Gasteiger partial charge in [-0.2, -0.15) is 0 Å². The number of carbonyl (C=O) groups is 3. The van der Waals surface area contributed by atoms with Gasteiger partial charge in [-0.1, -0.05) is 62.4 Å². The molecule has 33 heavy (non-hydrogen) atoms. The molecular formula is C26H30N2O5. The lowest BCUT2D eigenvalue weighted by Gasteiger charge is -2.32. The highest BCUT2D eigenvalue weighted by Gasteiger charge is 2.44. The predicted molar refractivity (Wildman–Crippen MR) is 124 cm³/mol. The molecular weight excluding hydrogens is 420 g/mol. The smallest absolute Gasteiger partial charge is 0.408 e. The Hall–Kier alpha value is -3.35. The number of hydrogen-bond acceptors (Lipinski definition) is 4.